The lowest BCUT2D eigenvalue weighted by Crippen LogP contribution is -2.43. The highest BCUT2D eigenvalue weighted by molar-refractivity contribution is 6.49. The van der Waals surface area contributed by atoms with E-state index in [1.54, 1.807) is 14.0 Å². The zero-order chi connectivity index (χ0) is 15.7. The Bertz CT molecular complexity index is 340. The Hall–Kier alpha value is 0.500. The van der Waals surface area contributed by atoms with Gasteiger partial charge in [0.25, 0.3) is 0 Å². The van der Waals surface area contributed by atoms with Crippen molar-refractivity contribution in [2.75, 3.05) is 7.11 Å². The Morgan fingerprint density at radius 3 is 2.62 bits per heavy atom. The number of aliphatic hydroxyl groups is 1. The van der Waals surface area contributed by atoms with Crippen molar-refractivity contribution in [2.24, 2.45) is 17.8 Å². The number of hydrogen-bond acceptors (Lipinski definition) is 2. The molecule has 0 spiro atoms. The highest BCUT2D eigenvalue weighted by Gasteiger charge is 2.63. The number of hydrogen-bond donors (Lipinski definition) is 1. The molecule has 5 atom stereocenters. The van der Waals surface area contributed by atoms with E-state index >= 15 is 0 Å². The van der Waals surface area contributed by atoms with Crippen LogP contribution in [0.25, 0.3) is 0 Å². The van der Waals surface area contributed by atoms with Gasteiger partial charge in [0.15, 0.2) is 0 Å². The molecule has 1 N–H and O–H groups in total. The van der Waals surface area contributed by atoms with E-state index < -0.39 is 9.93 Å². The molecule has 2 saturated carbocycles. The number of alkyl halides is 2. The Morgan fingerprint density at radius 2 is 2.00 bits per heavy atom. The molecular formula is C17H30Cl2O2. The summed E-state index contributed by atoms with van der Waals surface area (Å²) in [4.78, 5) is 0. The van der Waals surface area contributed by atoms with Gasteiger partial charge in [-0.05, 0) is 50.9 Å². The summed E-state index contributed by atoms with van der Waals surface area (Å²) >= 11 is 13.1. The Kier molecular flexibility index (Phi) is 5.90. The summed E-state index contributed by atoms with van der Waals surface area (Å²) < 4.78 is 4.45. The molecule has 2 aliphatic rings. The minimum absolute atomic E-state index is 0.264. The second kappa shape index (κ2) is 6.95. The van der Waals surface area contributed by atoms with Gasteiger partial charge >= 0.3 is 0 Å². The molecule has 0 aromatic rings. The van der Waals surface area contributed by atoms with Crippen molar-refractivity contribution in [1.29, 1.82) is 0 Å². The molecule has 0 heterocycles. The van der Waals surface area contributed by atoms with Gasteiger partial charge in [-0.25, -0.2) is 0 Å². The minimum atomic E-state index is -0.975. The Morgan fingerprint density at radius 1 is 1.29 bits per heavy atom. The van der Waals surface area contributed by atoms with Crippen molar-refractivity contribution in [3.8, 4) is 0 Å². The van der Waals surface area contributed by atoms with Crippen molar-refractivity contribution in [2.45, 2.75) is 81.3 Å². The van der Waals surface area contributed by atoms with Crippen molar-refractivity contribution in [1.82, 2.24) is 0 Å². The van der Waals surface area contributed by atoms with Crippen LogP contribution < -0.4 is 0 Å². The van der Waals surface area contributed by atoms with Gasteiger partial charge in [0.2, 0.25) is 0 Å². The first-order valence-electron chi connectivity index (χ1n) is 8.46. The molecule has 5 unspecified atom stereocenters. The number of fused-ring (bicyclic) bond motifs is 1. The highest BCUT2D eigenvalue weighted by atomic mass is 35.5. The molecule has 4 heteroatoms. The molecule has 2 fully saturated rings. The van der Waals surface area contributed by atoms with Crippen LogP contribution in [-0.2, 0) is 4.74 Å². The van der Waals surface area contributed by atoms with E-state index in [0.29, 0.717) is 17.9 Å². The van der Waals surface area contributed by atoms with E-state index in [9.17, 15) is 5.11 Å². The molecule has 0 amide bonds. The zero-order valence-electron chi connectivity index (χ0n) is 13.6. The fourth-order valence-electron chi connectivity index (χ4n) is 4.59. The van der Waals surface area contributed by atoms with Crippen LogP contribution in [0, 0.1) is 17.8 Å². The highest BCUT2D eigenvalue weighted by Crippen LogP contribution is 2.62. The summed E-state index contributed by atoms with van der Waals surface area (Å²) in [5.74, 6) is 1.34. The first-order chi connectivity index (χ1) is 9.83. The third-order valence-corrected chi connectivity index (χ3v) is 7.18. The molecule has 2 nitrogen and oxygen atoms in total. The van der Waals surface area contributed by atoms with Crippen LogP contribution in [0.3, 0.4) is 0 Å². The number of halogens is 2. The first kappa shape index (κ1) is 17.8. The van der Waals surface area contributed by atoms with Crippen molar-refractivity contribution >= 4 is 23.2 Å². The molecule has 0 radical (unpaired) electrons. The summed E-state index contributed by atoms with van der Waals surface area (Å²) in [5.41, 5.74) is -0.937. The predicted molar refractivity (Wildman–Crippen MR) is 88.9 cm³/mol. The lowest BCUT2D eigenvalue weighted by molar-refractivity contribution is 0.0460. The predicted octanol–water partition coefficient (Wildman–Crippen LogP) is 4.94. The summed E-state index contributed by atoms with van der Waals surface area (Å²) in [7, 11) is 1.80. The molecule has 0 aromatic carbocycles. The maximum atomic E-state index is 10.5. The van der Waals surface area contributed by atoms with E-state index in [4.69, 9.17) is 27.9 Å². The van der Waals surface area contributed by atoms with E-state index in [1.807, 2.05) is 0 Å². The fourth-order valence-corrected chi connectivity index (χ4v) is 5.46. The van der Waals surface area contributed by atoms with E-state index in [2.05, 4.69) is 6.92 Å². The van der Waals surface area contributed by atoms with Crippen molar-refractivity contribution in [3.05, 3.63) is 0 Å². The van der Waals surface area contributed by atoms with Crippen LogP contribution in [0.5, 0.6) is 0 Å². The van der Waals surface area contributed by atoms with Crippen LogP contribution in [0.15, 0.2) is 0 Å². The molecule has 2 rings (SSSR count). The average Bonchev–Trinajstić information content (AvgIpc) is 2.88. The molecule has 0 bridgehead atoms. The normalized spacial score (nSPS) is 39.4. The number of rotatable bonds is 7. The monoisotopic (exact) mass is 336 g/mol. The number of unbranched alkanes of at least 4 members (excludes halogenated alkanes) is 1. The third-order valence-electron chi connectivity index (χ3n) is 5.86. The summed E-state index contributed by atoms with van der Waals surface area (Å²) in [6.07, 6.45) is 9.35. The quantitative estimate of drug-likeness (QED) is 0.526. The van der Waals surface area contributed by atoms with Crippen LogP contribution in [0.4, 0.5) is 0 Å². The summed E-state index contributed by atoms with van der Waals surface area (Å²) in [6.45, 7) is 3.97. The van der Waals surface area contributed by atoms with Gasteiger partial charge in [0, 0.05) is 13.0 Å². The molecule has 0 aromatic heterocycles. The van der Waals surface area contributed by atoms with Gasteiger partial charge in [0.05, 0.1) is 11.7 Å². The van der Waals surface area contributed by atoms with E-state index in [0.717, 1.165) is 19.3 Å². The molecule has 21 heavy (non-hydrogen) atoms. The molecule has 0 saturated heterocycles. The topological polar surface area (TPSA) is 29.5 Å². The standard InChI is InChI=1S/C17H30Cl2O2/c1-4-14(21-3)8-6-5-7-12-9-10-13-11-16(2,20)17(18,19)15(12)13/h12-15,20H,4-11H2,1-3H3. The second-order valence-corrected chi connectivity index (χ2v) is 8.66. The maximum Gasteiger partial charge on any atom is 0.149 e. The van der Waals surface area contributed by atoms with Crippen LogP contribution in [-0.4, -0.2) is 28.3 Å². The maximum absolute atomic E-state index is 10.5. The van der Waals surface area contributed by atoms with Crippen molar-refractivity contribution in [3.63, 3.8) is 0 Å². The molecular weight excluding hydrogens is 307 g/mol. The van der Waals surface area contributed by atoms with E-state index in [-0.39, 0.29) is 5.92 Å². The fraction of sp³-hybridized carbons (Fsp3) is 1.00. The van der Waals surface area contributed by atoms with Crippen LogP contribution in [0.1, 0.15) is 65.2 Å². The second-order valence-electron chi connectivity index (χ2n) is 7.27. The zero-order valence-corrected chi connectivity index (χ0v) is 15.1. The number of ether oxygens (including phenoxy) is 1. The van der Waals surface area contributed by atoms with Crippen LogP contribution >= 0.6 is 23.2 Å². The Labute approximate surface area is 139 Å². The largest absolute Gasteiger partial charge is 0.387 e. The van der Waals surface area contributed by atoms with Gasteiger partial charge in [-0.2, -0.15) is 0 Å². The Balaban J connectivity index is 1.83. The minimum Gasteiger partial charge on any atom is -0.387 e. The lowest BCUT2D eigenvalue weighted by Gasteiger charge is -2.35. The van der Waals surface area contributed by atoms with E-state index in [1.165, 1.54) is 32.1 Å². The van der Waals surface area contributed by atoms with Gasteiger partial charge in [-0.1, -0.05) is 49.4 Å². The summed E-state index contributed by atoms with van der Waals surface area (Å²) in [6, 6.07) is 0. The van der Waals surface area contributed by atoms with Gasteiger partial charge in [-0.3, -0.25) is 0 Å². The third kappa shape index (κ3) is 3.54. The number of methoxy groups -OCH3 is 1. The lowest BCUT2D eigenvalue weighted by atomic mass is 9.86. The van der Waals surface area contributed by atoms with Gasteiger partial charge in [-0.15, -0.1) is 0 Å². The smallest absolute Gasteiger partial charge is 0.149 e. The van der Waals surface area contributed by atoms with Crippen LogP contribution in [0.2, 0.25) is 0 Å². The molecule has 124 valence electrons. The molecule has 2 aliphatic carbocycles. The SMILES string of the molecule is CCC(CCCCC1CCC2CC(C)(O)C(Cl)(Cl)C12)OC. The summed E-state index contributed by atoms with van der Waals surface area (Å²) in [5, 5.41) is 10.5. The van der Waals surface area contributed by atoms with Crippen molar-refractivity contribution < 1.29 is 9.84 Å². The van der Waals surface area contributed by atoms with Gasteiger partial charge < -0.3 is 9.84 Å². The first-order valence-corrected chi connectivity index (χ1v) is 9.22. The average molecular weight is 337 g/mol. The van der Waals surface area contributed by atoms with Gasteiger partial charge in [0.1, 0.15) is 4.33 Å². The molecule has 0 aliphatic heterocycles.